The lowest BCUT2D eigenvalue weighted by atomic mass is 10.2. The van der Waals surface area contributed by atoms with Crippen LogP contribution >= 0.6 is 7.52 Å². The van der Waals surface area contributed by atoms with Crippen LogP contribution in [0, 0.1) is 0 Å². The molecule has 1 aliphatic heterocycles. The van der Waals surface area contributed by atoms with Crippen LogP contribution in [-0.4, -0.2) is 29.9 Å². The van der Waals surface area contributed by atoms with E-state index in [0.717, 1.165) is 11.3 Å². The first kappa shape index (κ1) is 9.71. The maximum atomic E-state index is 11.0. The fraction of sp³-hybridized carbons (Fsp3) is 0.833. The summed E-state index contributed by atoms with van der Waals surface area (Å²) in [6, 6.07) is -0.946. The van der Waals surface area contributed by atoms with Crippen molar-refractivity contribution in [3.8, 4) is 0 Å². The van der Waals surface area contributed by atoms with Gasteiger partial charge in [-0.25, -0.2) is 0 Å². The van der Waals surface area contributed by atoms with Gasteiger partial charge in [-0.2, -0.15) is 0 Å². The number of carboxylic acids is 1. The Morgan fingerprint density at radius 1 is 1.67 bits per heavy atom. The first-order chi connectivity index (χ1) is 5.43. The highest BCUT2D eigenvalue weighted by Gasteiger charge is 2.29. The van der Waals surface area contributed by atoms with Crippen molar-refractivity contribution in [2.24, 2.45) is 0 Å². The molecule has 0 aromatic rings. The molecule has 0 aromatic carbocycles. The second-order valence-electron chi connectivity index (χ2n) is 2.94. The summed E-state index contributed by atoms with van der Waals surface area (Å²) in [5.74, 6) is -1.30. The van der Waals surface area contributed by atoms with Gasteiger partial charge in [0, 0.05) is 6.54 Å². The molecule has 0 aromatic heterocycles. The molecule has 0 spiro atoms. The van der Waals surface area contributed by atoms with E-state index in [9.17, 15) is 19.4 Å². The summed E-state index contributed by atoms with van der Waals surface area (Å²) < 4.78 is 12.0. The Kier molecular flexibility index (Phi) is 2.56. The van der Waals surface area contributed by atoms with E-state index in [1.54, 1.807) is 0 Å². The summed E-state index contributed by atoms with van der Waals surface area (Å²) >= 11 is 0. The van der Waals surface area contributed by atoms with E-state index in [0.29, 0.717) is 19.4 Å². The molecule has 5 nitrogen and oxygen atoms in total. The lowest BCUT2D eigenvalue weighted by molar-refractivity contribution is -0.310. The highest BCUT2D eigenvalue weighted by Crippen LogP contribution is 2.41. The number of carbonyl (C=O) groups excluding carboxylic acids is 1. The van der Waals surface area contributed by atoms with Crippen LogP contribution in [-0.2, 0) is 9.36 Å². The van der Waals surface area contributed by atoms with Gasteiger partial charge in [-0.1, -0.05) is 0 Å². The van der Waals surface area contributed by atoms with E-state index in [-0.39, 0.29) is 0 Å². The highest BCUT2D eigenvalue weighted by atomic mass is 31.2. The first-order valence-electron chi connectivity index (χ1n) is 3.69. The zero-order chi connectivity index (χ0) is 9.35. The number of carbonyl (C=O) groups is 1. The van der Waals surface area contributed by atoms with Crippen LogP contribution in [0.1, 0.15) is 12.8 Å². The fourth-order valence-corrected chi connectivity index (χ4v) is 2.65. The van der Waals surface area contributed by atoms with Crippen LogP contribution in [0.5, 0.6) is 0 Å². The molecule has 0 N–H and O–H groups in total. The molecule has 0 saturated carbocycles. The van der Waals surface area contributed by atoms with Crippen LogP contribution in [0.4, 0.5) is 0 Å². The fourth-order valence-electron chi connectivity index (χ4n) is 1.43. The Morgan fingerprint density at radius 2 is 2.25 bits per heavy atom. The molecule has 0 aliphatic carbocycles. The molecule has 6 heteroatoms. The summed E-state index contributed by atoms with van der Waals surface area (Å²) in [6.45, 7) is 1.34. The average molecular weight is 191 g/mol. The smallest absolute Gasteiger partial charge is 0.0770 e. The second kappa shape index (κ2) is 3.17. The lowest BCUT2D eigenvalue weighted by Crippen LogP contribution is -2.44. The second-order valence-corrected chi connectivity index (χ2v) is 5.06. The monoisotopic (exact) mass is 191 g/mol. The van der Waals surface area contributed by atoms with Gasteiger partial charge in [-0.3, -0.25) is 4.67 Å². The van der Waals surface area contributed by atoms with Crippen molar-refractivity contribution in [2.75, 3.05) is 13.2 Å². The maximum absolute atomic E-state index is 11.0. The van der Waals surface area contributed by atoms with Gasteiger partial charge in [0.2, 0.25) is 0 Å². The summed E-state index contributed by atoms with van der Waals surface area (Å²) in [5.41, 5.74) is 0. The van der Waals surface area contributed by atoms with E-state index < -0.39 is 19.5 Å². The zero-order valence-electron chi connectivity index (χ0n) is 6.73. The number of rotatable bonds is 2. The van der Waals surface area contributed by atoms with E-state index in [4.69, 9.17) is 0 Å². The number of hydrogen-bond donors (Lipinski definition) is 0. The van der Waals surface area contributed by atoms with Crippen molar-refractivity contribution in [1.29, 1.82) is 0 Å². The largest absolute Gasteiger partial charge is 0.788 e. The van der Waals surface area contributed by atoms with Gasteiger partial charge < -0.3 is 19.4 Å². The van der Waals surface area contributed by atoms with E-state index >= 15 is 0 Å². The molecule has 0 amide bonds. The van der Waals surface area contributed by atoms with Crippen molar-refractivity contribution >= 4 is 13.5 Å². The quantitative estimate of drug-likeness (QED) is 0.490. The summed E-state index contributed by atoms with van der Waals surface area (Å²) in [5, 5.41) is 10.4. The molecular formula is C6H10NO4P-2. The van der Waals surface area contributed by atoms with E-state index in [2.05, 4.69) is 0 Å². The van der Waals surface area contributed by atoms with Gasteiger partial charge in [0.25, 0.3) is 0 Å². The van der Waals surface area contributed by atoms with Gasteiger partial charge in [0.1, 0.15) is 0 Å². The third-order valence-corrected chi connectivity index (χ3v) is 3.38. The Balaban J connectivity index is 2.78. The normalized spacial score (nSPS) is 30.0. The molecule has 12 heavy (non-hydrogen) atoms. The van der Waals surface area contributed by atoms with Crippen molar-refractivity contribution in [1.82, 2.24) is 4.67 Å². The molecule has 1 aliphatic rings. The predicted molar refractivity (Wildman–Crippen MR) is 38.3 cm³/mol. The van der Waals surface area contributed by atoms with Crippen LogP contribution < -0.4 is 10.00 Å². The van der Waals surface area contributed by atoms with Gasteiger partial charge >= 0.3 is 0 Å². The van der Waals surface area contributed by atoms with Crippen molar-refractivity contribution in [2.45, 2.75) is 18.9 Å². The molecule has 0 radical (unpaired) electrons. The number of carboxylic acid groups (broad SMARTS) is 1. The topological polar surface area (TPSA) is 83.5 Å². The zero-order valence-corrected chi connectivity index (χ0v) is 7.62. The van der Waals surface area contributed by atoms with Crippen molar-refractivity contribution < 1.29 is 19.4 Å². The maximum Gasteiger partial charge on any atom is 0.0770 e. The molecule has 70 valence electrons. The Hall–Kier alpha value is -0.380. The Morgan fingerprint density at radius 3 is 2.58 bits per heavy atom. The van der Waals surface area contributed by atoms with Crippen molar-refractivity contribution in [3.63, 3.8) is 0 Å². The number of nitrogens with zero attached hydrogens (tertiary/aromatic N) is 1. The molecule has 2 atom stereocenters. The molecule has 1 unspecified atom stereocenters. The number of hydrogen-bond acceptors (Lipinski definition) is 4. The molecule has 1 saturated heterocycles. The van der Waals surface area contributed by atoms with Crippen molar-refractivity contribution in [3.05, 3.63) is 0 Å². The van der Waals surface area contributed by atoms with Crippen LogP contribution in [0.3, 0.4) is 0 Å². The van der Waals surface area contributed by atoms with Gasteiger partial charge in [-0.05, 0) is 19.5 Å². The molecule has 1 fully saturated rings. The van der Waals surface area contributed by atoms with Gasteiger partial charge in [0.05, 0.1) is 19.5 Å². The summed E-state index contributed by atoms with van der Waals surface area (Å²) in [4.78, 5) is 21.5. The minimum absolute atomic E-state index is 0.302. The molecule has 1 rings (SSSR count). The predicted octanol–water partition coefficient (Wildman–Crippen LogP) is -1.62. The average Bonchev–Trinajstić information content (AvgIpc) is 2.30. The summed E-state index contributed by atoms with van der Waals surface area (Å²) in [6.07, 6.45) is 0.959. The van der Waals surface area contributed by atoms with Crippen LogP contribution in [0.2, 0.25) is 0 Å². The Bertz CT molecular complexity index is 236. The van der Waals surface area contributed by atoms with Gasteiger partial charge in [0.15, 0.2) is 0 Å². The SMILES string of the molecule is CP(=O)([O-])N1CCC[C@H]1C(=O)[O-]. The lowest BCUT2D eigenvalue weighted by Gasteiger charge is -2.34. The summed E-state index contributed by atoms with van der Waals surface area (Å²) in [7, 11) is -3.66. The minimum atomic E-state index is -3.66. The first-order valence-corrected chi connectivity index (χ1v) is 5.72. The minimum Gasteiger partial charge on any atom is -0.788 e. The third-order valence-electron chi connectivity index (χ3n) is 1.96. The van der Waals surface area contributed by atoms with Crippen LogP contribution in [0.25, 0.3) is 0 Å². The number of aliphatic carboxylic acids is 1. The van der Waals surface area contributed by atoms with Gasteiger partial charge in [-0.15, -0.1) is 0 Å². The Labute approximate surface area is 70.5 Å². The van der Waals surface area contributed by atoms with E-state index in [1.165, 1.54) is 0 Å². The third kappa shape index (κ3) is 1.86. The molecule has 0 bridgehead atoms. The standard InChI is InChI=1S/C6H12NO4P/c1-12(10,11)7-4-2-3-5(7)6(8)9/h5H,2-4H2,1H3,(H,8,9)(H,10,11)/p-2/t5-/m0/s1. The molecular weight excluding hydrogens is 181 g/mol. The van der Waals surface area contributed by atoms with Crippen LogP contribution in [0.15, 0.2) is 0 Å². The molecule has 1 heterocycles. The van der Waals surface area contributed by atoms with E-state index in [1.807, 2.05) is 0 Å². The highest BCUT2D eigenvalue weighted by molar-refractivity contribution is 7.53.